The summed E-state index contributed by atoms with van der Waals surface area (Å²) in [6, 6.07) is 4.92. The molecular weight excluding hydrogens is 386 g/mol. The molecule has 2 aliphatic rings. The average Bonchev–Trinajstić information content (AvgIpc) is 3.11. The van der Waals surface area contributed by atoms with Crippen LogP contribution < -0.4 is 5.73 Å². The summed E-state index contributed by atoms with van der Waals surface area (Å²) >= 11 is 0. The third kappa shape index (κ3) is 4.47. The number of piperidine rings is 1. The number of carbonyl (C=O) groups is 1. The van der Waals surface area contributed by atoms with E-state index in [1.165, 1.54) is 0 Å². The van der Waals surface area contributed by atoms with E-state index in [1.807, 2.05) is 13.8 Å². The number of halogens is 1. The number of benzene rings is 1. The van der Waals surface area contributed by atoms with Gasteiger partial charge in [-0.05, 0) is 63.3 Å². The number of sulfonamides is 1. The van der Waals surface area contributed by atoms with Crippen molar-refractivity contribution in [2.24, 2.45) is 11.7 Å². The maximum Gasteiger partial charge on any atom is 0.254 e. The van der Waals surface area contributed by atoms with Gasteiger partial charge in [0.15, 0.2) is 0 Å². The Labute approximate surface area is 168 Å². The molecule has 3 rings (SSSR count). The lowest BCUT2D eigenvalue weighted by Gasteiger charge is -2.32. The number of nitrogens with two attached hydrogens (primary N) is 1. The predicted octanol–water partition coefficient (Wildman–Crippen LogP) is 2.40. The molecule has 2 unspecified atom stereocenters. The normalized spacial score (nSPS) is 23.9. The minimum Gasteiger partial charge on any atom is -0.338 e. The second kappa shape index (κ2) is 8.90. The third-order valence-electron chi connectivity index (χ3n) is 5.69. The van der Waals surface area contributed by atoms with Gasteiger partial charge in [-0.25, -0.2) is 8.42 Å². The molecule has 2 heterocycles. The molecule has 1 amide bonds. The first-order chi connectivity index (χ1) is 12.3. The van der Waals surface area contributed by atoms with Crippen molar-refractivity contribution in [2.45, 2.75) is 50.5 Å². The molecule has 152 valence electrons. The van der Waals surface area contributed by atoms with Crippen LogP contribution >= 0.6 is 12.4 Å². The van der Waals surface area contributed by atoms with Gasteiger partial charge in [0.05, 0.1) is 4.90 Å². The van der Waals surface area contributed by atoms with Gasteiger partial charge in [-0.15, -0.1) is 12.4 Å². The highest BCUT2D eigenvalue weighted by Gasteiger charge is 2.32. The van der Waals surface area contributed by atoms with Gasteiger partial charge in [-0.2, -0.15) is 4.31 Å². The minimum atomic E-state index is -3.58. The average molecular weight is 416 g/mol. The molecule has 2 N–H and O–H groups in total. The van der Waals surface area contributed by atoms with Gasteiger partial charge in [0.1, 0.15) is 0 Å². The van der Waals surface area contributed by atoms with E-state index in [0.29, 0.717) is 37.7 Å². The van der Waals surface area contributed by atoms with Crippen molar-refractivity contribution < 1.29 is 13.2 Å². The van der Waals surface area contributed by atoms with E-state index in [0.717, 1.165) is 31.2 Å². The first-order valence-corrected chi connectivity index (χ1v) is 10.9. The fourth-order valence-electron chi connectivity index (χ4n) is 3.94. The zero-order valence-corrected chi connectivity index (χ0v) is 17.7. The molecule has 2 saturated heterocycles. The molecule has 0 aliphatic carbocycles. The van der Waals surface area contributed by atoms with Crippen molar-refractivity contribution in [3.8, 4) is 0 Å². The second-order valence-electron chi connectivity index (χ2n) is 7.58. The zero-order valence-electron chi connectivity index (χ0n) is 16.1. The Balaban J connectivity index is 0.00000261. The molecule has 2 aliphatic heterocycles. The molecule has 0 radical (unpaired) electrons. The van der Waals surface area contributed by atoms with E-state index in [4.69, 9.17) is 5.73 Å². The predicted molar refractivity (Wildman–Crippen MR) is 109 cm³/mol. The molecule has 27 heavy (non-hydrogen) atoms. The van der Waals surface area contributed by atoms with Crippen LogP contribution in [0.5, 0.6) is 0 Å². The van der Waals surface area contributed by atoms with Crippen molar-refractivity contribution >= 4 is 28.3 Å². The summed E-state index contributed by atoms with van der Waals surface area (Å²) in [5, 5.41) is 0. The summed E-state index contributed by atoms with van der Waals surface area (Å²) < 4.78 is 27.8. The molecule has 8 heteroatoms. The molecule has 0 bridgehead atoms. The van der Waals surface area contributed by atoms with Crippen LogP contribution in [0.3, 0.4) is 0 Å². The van der Waals surface area contributed by atoms with Crippen LogP contribution in [0.15, 0.2) is 23.1 Å². The third-order valence-corrected chi connectivity index (χ3v) is 7.70. The quantitative estimate of drug-likeness (QED) is 0.818. The first kappa shape index (κ1) is 22.1. The van der Waals surface area contributed by atoms with Crippen molar-refractivity contribution in [1.29, 1.82) is 0 Å². The number of aryl methyl sites for hydroxylation is 1. The SMILES string of the molecule is Cc1ccc(S(=O)(=O)N2CCCCC2C)cc1C(=O)N1CCC(CN)C1.Cl. The lowest BCUT2D eigenvalue weighted by molar-refractivity contribution is 0.0786. The van der Waals surface area contributed by atoms with Crippen molar-refractivity contribution in [3.63, 3.8) is 0 Å². The van der Waals surface area contributed by atoms with Gasteiger partial charge < -0.3 is 10.6 Å². The first-order valence-electron chi connectivity index (χ1n) is 9.46. The van der Waals surface area contributed by atoms with E-state index in [9.17, 15) is 13.2 Å². The van der Waals surface area contributed by atoms with Crippen LogP contribution in [0, 0.1) is 12.8 Å². The number of nitrogens with zero attached hydrogens (tertiary/aromatic N) is 2. The van der Waals surface area contributed by atoms with Crippen LogP contribution in [-0.2, 0) is 10.0 Å². The molecule has 2 atom stereocenters. The maximum atomic E-state index is 13.1. The molecule has 1 aromatic rings. The summed E-state index contributed by atoms with van der Waals surface area (Å²) in [5.41, 5.74) is 7.00. The Morgan fingerprint density at radius 1 is 1.22 bits per heavy atom. The van der Waals surface area contributed by atoms with Gasteiger partial charge in [0.25, 0.3) is 5.91 Å². The molecular formula is C19H30ClN3O3S. The van der Waals surface area contributed by atoms with Crippen LogP contribution in [0.2, 0.25) is 0 Å². The van der Waals surface area contributed by atoms with E-state index in [1.54, 1.807) is 27.4 Å². The Bertz CT molecular complexity index is 784. The highest BCUT2D eigenvalue weighted by Crippen LogP contribution is 2.27. The Morgan fingerprint density at radius 3 is 2.59 bits per heavy atom. The number of likely N-dealkylation sites (tertiary alicyclic amines) is 1. The number of carbonyl (C=O) groups excluding carboxylic acids is 1. The summed E-state index contributed by atoms with van der Waals surface area (Å²) in [5.74, 6) is 0.238. The van der Waals surface area contributed by atoms with E-state index in [2.05, 4.69) is 0 Å². The van der Waals surface area contributed by atoms with Gasteiger partial charge in [-0.1, -0.05) is 12.5 Å². The summed E-state index contributed by atoms with van der Waals surface area (Å²) in [7, 11) is -3.58. The molecule has 0 saturated carbocycles. The van der Waals surface area contributed by atoms with Crippen LogP contribution in [0.1, 0.15) is 48.5 Å². The van der Waals surface area contributed by atoms with Crippen molar-refractivity contribution in [1.82, 2.24) is 9.21 Å². The Morgan fingerprint density at radius 2 is 1.96 bits per heavy atom. The van der Waals surface area contributed by atoms with Crippen molar-refractivity contribution in [3.05, 3.63) is 29.3 Å². The highest BCUT2D eigenvalue weighted by atomic mass is 35.5. The van der Waals surface area contributed by atoms with Gasteiger partial charge in [-0.3, -0.25) is 4.79 Å². The Kier molecular flexibility index (Phi) is 7.30. The number of amides is 1. The van der Waals surface area contributed by atoms with Crippen LogP contribution in [0.25, 0.3) is 0 Å². The van der Waals surface area contributed by atoms with E-state index < -0.39 is 10.0 Å². The summed E-state index contributed by atoms with van der Waals surface area (Å²) in [4.78, 5) is 14.9. The smallest absolute Gasteiger partial charge is 0.254 e. The van der Waals surface area contributed by atoms with Gasteiger partial charge in [0.2, 0.25) is 10.0 Å². The maximum absolute atomic E-state index is 13.1. The molecule has 6 nitrogen and oxygen atoms in total. The Hall–Kier alpha value is -1.15. The number of hydrogen-bond acceptors (Lipinski definition) is 4. The van der Waals surface area contributed by atoms with E-state index in [-0.39, 0.29) is 29.3 Å². The van der Waals surface area contributed by atoms with E-state index >= 15 is 0 Å². The van der Waals surface area contributed by atoms with Gasteiger partial charge in [0, 0.05) is 31.2 Å². The molecule has 0 spiro atoms. The largest absolute Gasteiger partial charge is 0.338 e. The second-order valence-corrected chi connectivity index (χ2v) is 9.47. The fraction of sp³-hybridized carbons (Fsp3) is 0.632. The van der Waals surface area contributed by atoms with Crippen LogP contribution in [0.4, 0.5) is 0 Å². The topological polar surface area (TPSA) is 83.7 Å². The monoisotopic (exact) mass is 415 g/mol. The lowest BCUT2D eigenvalue weighted by atomic mass is 10.1. The number of hydrogen-bond donors (Lipinski definition) is 1. The van der Waals surface area contributed by atoms with Crippen LogP contribution in [-0.4, -0.2) is 55.8 Å². The number of rotatable bonds is 4. The molecule has 1 aromatic carbocycles. The molecule has 0 aromatic heterocycles. The highest BCUT2D eigenvalue weighted by molar-refractivity contribution is 7.89. The summed E-state index contributed by atoms with van der Waals surface area (Å²) in [6.45, 7) is 6.25. The standard InChI is InChI=1S/C19H29N3O3S.ClH/c1-14-6-7-17(26(24,25)22-9-4-3-5-15(22)2)11-18(14)19(23)21-10-8-16(12-20)13-21;/h6-7,11,15-16H,3-5,8-10,12-13,20H2,1-2H3;1H. The molecule has 2 fully saturated rings. The lowest BCUT2D eigenvalue weighted by Crippen LogP contribution is -2.42. The van der Waals surface area contributed by atoms with Crippen molar-refractivity contribution in [2.75, 3.05) is 26.2 Å². The zero-order chi connectivity index (χ0) is 18.9. The fourth-order valence-corrected chi connectivity index (χ4v) is 5.66. The summed E-state index contributed by atoms with van der Waals surface area (Å²) in [6.07, 6.45) is 3.73. The minimum absolute atomic E-state index is 0. The van der Waals surface area contributed by atoms with Gasteiger partial charge >= 0.3 is 0 Å².